The maximum atomic E-state index is 12.5. The molecular formula is C23H29N7O2. The van der Waals surface area contributed by atoms with Crippen LogP contribution in [0.15, 0.2) is 30.3 Å². The zero-order valence-electron chi connectivity index (χ0n) is 18.6. The highest BCUT2D eigenvalue weighted by Crippen LogP contribution is 2.17. The second-order valence-corrected chi connectivity index (χ2v) is 8.24. The van der Waals surface area contributed by atoms with Crippen molar-refractivity contribution in [3.63, 3.8) is 0 Å². The van der Waals surface area contributed by atoms with Crippen LogP contribution in [0.25, 0.3) is 5.65 Å². The monoisotopic (exact) mass is 435 g/mol. The van der Waals surface area contributed by atoms with E-state index in [1.165, 1.54) is 0 Å². The van der Waals surface area contributed by atoms with Crippen LogP contribution >= 0.6 is 0 Å². The first-order valence-corrected chi connectivity index (χ1v) is 11.1. The van der Waals surface area contributed by atoms with Gasteiger partial charge in [-0.3, -0.25) is 9.59 Å². The molecule has 168 valence electrons. The number of fused-ring (bicyclic) bond motifs is 1. The minimum atomic E-state index is -0.0683. The zero-order chi connectivity index (χ0) is 22.5. The van der Waals surface area contributed by atoms with Crippen LogP contribution in [-0.4, -0.2) is 56.2 Å². The number of nitrogens with one attached hydrogen (secondary N) is 2. The summed E-state index contributed by atoms with van der Waals surface area (Å²) in [5.74, 6) is 1.54. The summed E-state index contributed by atoms with van der Waals surface area (Å²) in [6.45, 7) is 6.33. The average molecular weight is 436 g/mol. The average Bonchev–Trinajstić information content (AvgIpc) is 3.38. The smallest absolute Gasteiger partial charge is 0.224 e. The van der Waals surface area contributed by atoms with Gasteiger partial charge in [-0.2, -0.15) is 4.52 Å². The fraction of sp³-hybridized carbons (Fsp3) is 0.435. The van der Waals surface area contributed by atoms with Gasteiger partial charge >= 0.3 is 0 Å². The van der Waals surface area contributed by atoms with E-state index in [1.54, 1.807) is 4.52 Å². The molecule has 1 aromatic carbocycles. The van der Waals surface area contributed by atoms with Crippen molar-refractivity contribution < 1.29 is 9.59 Å². The highest BCUT2D eigenvalue weighted by Gasteiger charge is 2.19. The number of amides is 2. The lowest BCUT2D eigenvalue weighted by Gasteiger charge is -2.15. The van der Waals surface area contributed by atoms with Gasteiger partial charge in [0.25, 0.3) is 0 Å². The van der Waals surface area contributed by atoms with Gasteiger partial charge in [0.2, 0.25) is 11.8 Å². The Bertz CT molecular complexity index is 1120. The number of hydrogen-bond acceptors (Lipinski definition) is 6. The fourth-order valence-corrected chi connectivity index (χ4v) is 3.82. The normalized spacial score (nSPS) is 13.7. The molecule has 0 unspecified atom stereocenters. The Kier molecular flexibility index (Phi) is 6.63. The van der Waals surface area contributed by atoms with Gasteiger partial charge in [-0.25, -0.2) is 0 Å². The predicted molar refractivity (Wildman–Crippen MR) is 123 cm³/mol. The van der Waals surface area contributed by atoms with Crippen LogP contribution in [0.1, 0.15) is 42.6 Å². The van der Waals surface area contributed by atoms with E-state index in [-0.39, 0.29) is 18.2 Å². The van der Waals surface area contributed by atoms with Crippen LogP contribution in [0.5, 0.6) is 0 Å². The molecule has 0 bridgehead atoms. The van der Waals surface area contributed by atoms with Crippen LogP contribution in [0, 0.1) is 13.8 Å². The largest absolute Gasteiger partial charge is 0.369 e. The van der Waals surface area contributed by atoms with Crippen molar-refractivity contribution in [3.8, 4) is 0 Å². The molecule has 0 atom stereocenters. The topological polar surface area (TPSA) is 105 Å². The summed E-state index contributed by atoms with van der Waals surface area (Å²) in [4.78, 5) is 26.1. The number of benzene rings is 1. The summed E-state index contributed by atoms with van der Waals surface area (Å²) >= 11 is 0. The highest BCUT2D eigenvalue weighted by molar-refractivity contribution is 5.91. The van der Waals surface area contributed by atoms with Crippen LogP contribution < -0.4 is 10.6 Å². The zero-order valence-corrected chi connectivity index (χ0v) is 18.6. The number of carbonyl (C=O) groups excluding carboxylic acids is 2. The lowest BCUT2D eigenvalue weighted by atomic mass is 10.1. The molecule has 0 radical (unpaired) electrons. The predicted octanol–water partition coefficient (Wildman–Crippen LogP) is 2.74. The Hall–Kier alpha value is -3.49. The number of aryl methyl sites for hydroxylation is 3. The molecule has 3 aromatic rings. The van der Waals surface area contributed by atoms with Gasteiger partial charge in [-0.1, -0.05) is 12.1 Å². The summed E-state index contributed by atoms with van der Waals surface area (Å²) in [6, 6.07) is 9.71. The van der Waals surface area contributed by atoms with Crippen molar-refractivity contribution in [2.75, 3.05) is 30.3 Å². The lowest BCUT2D eigenvalue weighted by molar-refractivity contribution is -0.127. The van der Waals surface area contributed by atoms with Crippen LogP contribution in [0.2, 0.25) is 0 Å². The maximum Gasteiger partial charge on any atom is 0.224 e. The first-order valence-electron chi connectivity index (χ1n) is 11.1. The molecule has 0 saturated carbocycles. The van der Waals surface area contributed by atoms with Crippen LogP contribution in [-0.2, 0) is 16.0 Å². The van der Waals surface area contributed by atoms with Crippen molar-refractivity contribution in [2.45, 2.75) is 46.0 Å². The van der Waals surface area contributed by atoms with Gasteiger partial charge in [0.1, 0.15) is 5.82 Å². The Balaban J connectivity index is 1.31. The van der Waals surface area contributed by atoms with Gasteiger partial charge in [-0.15, -0.1) is 15.3 Å². The van der Waals surface area contributed by atoms with Crippen LogP contribution in [0.4, 0.5) is 11.5 Å². The van der Waals surface area contributed by atoms with E-state index in [0.29, 0.717) is 30.1 Å². The highest BCUT2D eigenvalue weighted by atomic mass is 16.2. The SMILES string of the molecule is Cc1ccc(C)c(NC(=O)CCc2nnc3ccc(NCCCN4CCCC4=O)nn23)c1. The molecule has 4 rings (SSSR count). The molecule has 9 heteroatoms. The molecule has 1 fully saturated rings. The van der Waals surface area contributed by atoms with Crippen molar-refractivity contribution in [2.24, 2.45) is 0 Å². The summed E-state index contributed by atoms with van der Waals surface area (Å²) < 4.78 is 1.68. The summed E-state index contributed by atoms with van der Waals surface area (Å²) in [7, 11) is 0. The summed E-state index contributed by atoms with van der Waals surface area (Å²) in [6.07, 6.45) is 3.22. The fourth-order valence-electron chi connectivity index (χ4n) is 3.82. The molecule has 0 spiro atoms. The molecule has 1 aliphatic rings. The molecule has 1 saturated heterocycles. The third-order valence-corrected chi connectivity index (χ3v) is 5.65. The van der Waals surface area contributed by atoms with E-state index in [2.05, 4.69) is 25.9 Å². The molecular weight excluding hydrogens is 406 g/mol. The number of carbonyl (C=O) groups is 2. The number of rotatable bonds is 9. The standard InChI is InChI=1S/C23H29N7O2/c1-16-6-7-17(2)18(15-16)25-22(31)11-10-21-27-26-20-9-8-19(28-30(20)21)24-12-4-14-29-13-3-5-23(29)32/h6-9,15H,3-5,10-14H2,1-2H3,(H,24,28)(H,25,31). The minimum absolute atomic E-state index is 0.0683. The van der Waals surface area contributed by atoms with E-state index in [9.17, 15) is 9.59 Å². The Morgan fingerprint density at radius 2 is 2.03 bits per heavy atom. The van der Waals surface area contributed by atoms with E-state index in [0.717, 1.165) is 49.3 Å². The van der Waals surface area contributed by atoms with Crippen molar-refractivity contribution in [3.05, 3.63) is 47.3 Å². The third kappa shape index (κ3) is 5.22. The van der Waals surface area contributed by atoms with E-state index in [4.69, 9.17) is 0 Å². The number of nitrogens with zero attached hydrogens (tertiary/aromatic N) is 5. The van der Waals surface area contributed by atoms with E-state index in [1.807, 2.05) is 49.1 Å². The number of likely N-dealkylation sites (tertiary alicyclic amines) is 1. The molecule has 2 aromatic heterocycles. The molecule has 2 N–H and O–H groups in total. The number of hydrogen-bond donors (Lipinski definition) is 2. The van der Waals surface area contributed by atoms with Crippen molar-refractivity contribution >= 4 is 29.0 Å². The molecule has 1 aliphatic heterocycles. The molecule has 2 amide bonds. The third-order valence-electron chi connectivity index (χ3n) is 5.65. The van der Waals surface area contributed by atoms with E-state index >= 15 is 0 Å². The van der Waals surface area contributed by atoms with Crippen molar-refractivity contribution in [1.29, 1.82) is 0 Å². The second-order valence-electron chi connectivity index (χ2n) is 8.24. The first-order chi connectivity index (χ1) is 15.5. The minimum Gasteiger partial charge on any atom is -0.369 e. The van der Waals surface area contributed by atoms with Gasteiger partial charge < -0.3 is 15.5 Å². The van der Waals surface area contributed by atoms with Gasteiger partial charge in [0.15, 0.2) is 11.5 Å². The van der Waals surface area contributed by atoms with Gasteiger partial charge in [0.05, 0.1) is 0 Å². The molecule has 9 nitrogen and oxygen atoms in total. The Labute approximate surface area is 187 Å². The van der Waals surface area contributed by atoms with Gasteiger partial charge in [-0.05, 0) is 56.0 Å². The van der Waals surface area contributed by atoms with E-state index < -0.39 is 0 Å². The Morgan fingerprint density at radius 3 is 2.84 bits per heavy atom. The number of anilines is 2. The summed E-state index contributed by atoms with van der Waals surface area (Å²) in [5, 5.41) is 19.2. The Morgan fingerprint density at radius 1 is 1.16 bits per heavy atom. The molecule has 0 aliphatic carbocycles. The van der Waals surface area contributed by atoms with Crippen LogP contribution in [0.3, 0.4) is 0 Å². The lowest BCUT2D eigenvalue weighted by Crippen LogP contribution is -2.27. The van der Waals surface area contributed by atoms with Gasteiger partial charge in [0, 0.05) is 44.6 Å². The molecule has 3 heterocycles. The van der Waals surface area contributed by atoms with Crippen molar-refractivity contribution in [1.82, 2.24) is 24.7 Å². The summed E-state index contributed by atoms with van der Waals surface area (Å²) in [5.41, 5.74) is 3.61. The molecule has 32 heavy (non-hydrogen) atoms. The maximum absolute atomic E-state index is 12.5. The first kappa shape index (κ1) is 21.7. The number of aromatic nitrogens is 4. The quantitative estimate of drug-likeness (QED) is 0.501. The second kappa shape index (κ2) is 9.76.